The number of esters is 1. The second-order valence-electron chi connectivity index (χ2n) is 22.8. The Hall–Kier alpha value is -6.00. The van der Waals surface area contributed by atoms with E-state index in [1.807, 2.05) is 13.0 Å². The van der Waals surface area contributed by atoms with Crippen LogP contribution in [-0.2, 0) is 58.9 Å². The van der Waals surface area contributed by atoms with E-state index in [1.165, 1.54) is 52.3 Å². The average Bonchev–Trinajstić information content (AvgIpc) is 1.77. The number of alkyl halides is 2. The number of carbonyl (C=O) groups excluding carboxylic acids is 9. The maximum atomic E-state index is 14.6. The number of carbonyl (C=O) groups is 9. The van der Waals surface area contributed by atoms with Crippen LogP contribution >= 0.6 is 43.5 Å². The number of hydrogen-bond acceptors (Lipinski definition) is 17. The minimum atomic E-state index is -1.93. The number of allylic oxidation sites excluding steroid dienone is 3. The fraction of sp³-hybridized carbons (Fsp3) is 0.583. The van der Waals surface area contributed by atoms with Crippen molar-refractivity contribution in [1.29, 1.82) is 0 Å². The number of rotatable bonds is 27. The summed E-state index contributed by atoms with van der Waals surface area (Å²) in [5, 5.41) is 26.3. The number of aliphatic hydroxyl groups is 1. The highest BCUT2D eigenvalue weighted by atomic mass is 79.9. The van der Waals surface area contributed by atoms with E-state index < -0.39 is 120 Å². The summed E-state index contributed by atoms with van der Waals surface area (Å²) in [7, 11) is 5.72. The molecule has 24 nitrogen and oxygen atoms in total. The monoisotopic (exact) mass is 1360 g/mol. The van der Waals surface area contributed by atoms with Crippen molar-refractivity contribution >= 4 is 109 Å². The number of nitrogens with one attached hydrogen (secondary N) is 5. The predicted octanol–water partition coefficient (Wildman–Crippen LogP) is 5.80. The van der Waals surface area contributed by atoms with E-state index in [2.05, 4.69) is 58.4 Å². The van der Waals surface area contributed by atoms with Crippen molar-refractivity contribution in [2.24, 2.45) is 17.6 Å². The summed E-state index contributed by atoms with van der Waals surface area (Å²) in [6, 6.07) is 4.41. The van der Waals surface area contributed by atoms with E-state index in [1.54, 1.807) is 64.1 Å². The predicted molar refractivity (Wildman–Crippen MR) is 332 cm³/mol. The van der Waals surface area contributed by atoms with Gasteiger partial charge in [-0.2, -0.15) is 0 Å². The Bertz CT molecular complexity index is 2860. The second kappa shape index (κ2) is 32.5. The Balaban J connectivity index is 1.38. The molecule has 27 heteroatoms. The van der Waals surface area contributed by atoms with Crippen LogP contribution in [0.25, 0.3) is 0 Å². The Kier molecular flexibility index (Phi) is 26.8. The van der Waals surface area contributed by atoms with Gasteiger partial charge in [0.25, 0.3) is 5.91 Å². The van der Waals surface area contributed by atoms with Gasteiger partial charge in [0.15, 0.2) is 12.0 Å². The Morgan fingerprint density at radius 2 is 1.75 bits per heavy atom. The molecule has 0 radical (unpaired) electrons. The fourth-order valence-electron chi connectivity index (χ4n) is 10.4. The zero-order chi connectivity index (χ0) is 64.6. The number of amides is 7. The quantitative estimate of drug-likeness (QED) is 0.0183. The number of anilines is 2. The van der Waals surface area contributed by atoms with Gasteiger partial charge >= 0.3 is 18.1 Å². The molecular formula is C60H83Br2ClN8O16. The Morgan fingerprint density at radius 3 is 2.38 bits per heavy atom. The van der Waals surface area contributed by atoms with Crippen LogP contribution in [-0.4, -0.2) is 182 Å². The normalized spacial score (nSPS) is 24.7. The molecular weight excluding hydrogens is 1280 g/mol. The second-order valence-corrected chi connectivity index (χ2v) is 24.3. The van der Waals surface area contributed by atoms with E-state index in [9.17, 15) is 48.3 Å². The molecule has 8 N–H and O–H groups in total. The lowest BCUT2D eigenvalue weighted by molar-refractivity contribution is -0.158. The maximum Gasteiger partial charge on any atom is 0.409 e. The third-order valence-corrected chi connectivity index (χ3v) is 18.2. The molecule has 4 bridgehead atoms. The highest BCUT2D eigenvalue weighted by Gasteiger charge is 2.64. The topological polar surface area (TPSA) is 325 Å². The van der Waals surface area contributed by atoms with Crippen molar-refractivity contribution in [2.75, 3.05) is 62.3 Å². The van der Waals surface area contributed by atoms with Crippen LogP contribution in [0.5, 0.6) is 5.75 Å². The van der Waals surface area contributed by atoms with E-state index in [-0.39, 0.29) is 54.6 Å². The van der Waals surface area contributed by atoms with Gasteiger partial charge in [0.05, 0.1) is 48.7 Å². The number of methoxy groups -OCH3 is 2. The lowest BCUT2D eigenvalue weighted by Gasteiger charge is -2.42. The summed E-state index contributed by atoms with van der Waals surface area (Å²) in [5.74, 6) is -4.30. The zero-order valence-electron chi connectivity index (χ0n) is 50.8. The number of nitrogens with two attached hydrogens (primary N) is 1. The molecule has 0 aromatic heterocycles. The third-order valence-electron chi connectivity index (χ3n) is 15.9. The molecule has 0 saturated carbocycles. The van der Waals surface area contributed by atoms with Crippen LogP contribution in [0.3, 0.4) is 0 Å². The van der Waals surface area contributed by atoms with Crippen LogP contribution in [0.1, 0.15) is 102 Å². The summed E-state index contributed by atoms with van der Waals surface area (Å²) >= 11 is 13.5. The number of primary amides is 1. The Morgan fingerprint density at radius 1 is 1.05 bits per heavy atom. The third kappa shape index (κ3) is 18.8. The first-order valence-electron chi connectivity index (χ1n) is 28.7. The molecule has 11 atom stereocenters. The molecule has 480 valence electrons. The van der Waals surface area contributed by atoms with Crippen molar-refractivity contribution in [3.05, 3.63) is 76.3 Å². The lowest BCUT2D eigenvalue weighted by Crippen LogP contribution is -2.63. The van der Waals surface area contributed by atoms with Gasteiger partial charge in [-0.05, 0) is 95.0 Å². The molecule has 3 heterocycles. The highest BCUT2D eigenvalue weighted by Crippen LogP contribution is 2.49. The molecule has 0 aliphatic carbocycles. The maximum absolute atomic E-state index is 14.6. The summed E-state index contributed by atoms with van der Waals surface area (Å²) in [5.41, 5.74) is 2.80. The molecule has 2 saturated heterocycles. The van der Waals surface area contributed by atoms with Gasteiger partial charge in [-0.3, -0.25) is 29.8 Å². The van der Waals surface area contributed by atoms with Crippen molar-refractivity contribution < 1.29 is 76.7 Å². The molecule has 87 heavy (non-hydrogen) atoms. The van der Waals surface area contributed by atoms with Gasteiger partial charge < -0.3 is 74.6 Å². The number of benzene rings is 2. The van der Waals surface area contributed by atoms with Crippen LogP contribution in [0.4, 0.5) is 21.0 Å². The van der Waals surface area contributed by atoms with Crippen LogP contribution < -0.4 is 42.0 Å². The number of alkyl carbamates (subject to hydrolysis) is 1. The van der Waals surface area contributed by atoms with E-state index in [4.69, 9.17) is 45.8 Å². The summed E-state index contributed by atoms with van der Waals surface area (Å²) in [4.78, 5) is 123. The number of nitrogens with zero attached hydrogens (tertiary/aromatic N) is 2. The minimum Gasteiger partial charge on any atom is -0.495 e. The van der Waals surface area contributed by atoms with Gasteiger partial charge in [0.2, 0.25) is 17.7 Å². The largest absolute Gasteiger partial charge is 0.495 e. The number of likely N-dealkylation sites (N-methyl/N-ethyl adjacent to an activating group) is 1. The number of aldehydes is 2. The average molecular weight is 1370 g/mol. The standard InChI is InChI=1S/C60H83Br2ClN8O16/c1-34(2)50(66-39(30-72)18-13-14-24-84-59(31-61,32-62)33-73)53(76)68-42(21-16-23-65-56(64)79)52(75)67-41-20-12-11-19-40(41)54(77)70(7)37(5)55(78)86-47-28-48(74)71(8)43-26-38(27-44(82-9)49(43)63)25-35(3)17-15-22-46(83-10)60(81)29-45(85-57(80)69-60)36(4)51-58(47,6)87-51/h11-12,15,17,19-20,22,26-27,30,33-34,36-37,39,42,45-47,50-51,66,81H,13-14,16,18,21,23-25,28-29,31-32H2,1-10H3,(H,67,75)(H,68,76)(H,69,80)(H3,64,65,79)/b22-15+,35-17+/t36-,37+,39?,42+,45+,46-,47+,50+,51+,58+,60+/m1/s1. The number of fused-ring (bicyclic) bond motifs is 5. The summed E-state index contributed by atoms with van der Waals surface area (Å²) in [6.07, 6.45) is 2.83. The van der Waals surface area contributed by atoms with Crippen molar-refractivity contribution in [1.82, 2.24) is 26.2 Å². The number of epoxide rings is 1. The first-order valence-corrected chi connectivity index (χ1v) is 31.3. The molecule has 1 unspecified atom stereocenters. The van der Waals surface area contributed by atoms with Crippen molar-refractivity contribution in [2.45, 2.75) is 158 Å². The molecule has 2 aromatic rings. The van der Waals surface area contributed by atoms with Gasteiger partial charge in [-0.15, -0.1) is 0 Å². The van der Waals surface area contributed by atoms with Crippen molar-refractivity contribution in [3.63, 3.8) is 0 Å². The Labute approximate surface area is 529 Å². The van der Waals surface area contributed by atoms with Gasteiger partial charge in [-0.25, -0.2) is 14.4 Å². The van der Waals surface area contributed by atoms with E-state index in [0.717, 1.165) is 22.3 Å². The van der Waals surface area contributed by atoms with E-state index >= 15 is 0 Å². The fourth-order valence-corrected chi connectivity index (χ4v) is 12.2. The van der Waals surface area contributed by atoms with Crippen LogP contribution in [0, 0.1) is 11.8 Å². The summed E-state index contributed by atoms with van der Waals surface area (Å²) in [6.45, 7) is 10.5. The van der Waals surface area contributed by atoms with Crippen LogP contribution in [0.15, 0.2) is 60.2 Å². The van der Waals surface area contributed by atoms with Crippen LogP contribution in [0.2, 0.25) is 5.02 Å². The number of hydrogen-bond donors (Lipinski definition) is 7. The molecule has 3 aliphatic heterocycles. The minimum absolute atomic E-state index is 0.00645. The number of para-hydroxylation sites is 1. The molecule has 2 aromatic carbocycles. The number of ether oxygens (including phenoxy) is 6. The molecule has 7 amide bonds. The first kappa shape index (κ1) is 71.8. The van der Waals surface area contributed by atoms with Gasteiger partial charge in [0.1, 0.15) is 58.7 Å². The van der Waals surface area contributed by atoms with Gasteiger partial charge in [0, 0.05) is 57.4 Å². The number of unbranched alkanes of at least 4 members (excludes halogenated alkanes) is 1. The SMILES string of the molecule is COc1cc2cc(c1Cl)N(C)C(=O)C[C@H](OC(=O)[C@H](C)N(C)C(=O)c1ccccc1NC(=O)[C@H](CCCNC(N)=O)NC(=O)[C@@H](NC(C=O)CCCCOC(C=O)(CBr)CBr)C(C)C)[C@]1(C)O[C@H]1[C@H](C)[C@@H]1C[C@@](O)(NC(=O)O1)[C@H](OC)/C=C/C=C(\C)C2. The smallest absolute Gasteiger partial charge is 0.409 e. The number of halogens is 3. The van der Waals surface area contributed by atoms with Gasteiger partial charge in [-0.1, -0.05) is 100 Å². The summed E-state index contributed by atoms with van der Waals surface area (Å²) < 4.78 is 35.5. The molecule has 0 spiro atoms. The lowest BCUT2D eigenvalue weighted by atomic mass is 9.83. The molecule has 3 aliphatic rings. The first-order chi connectivity index (χ1) is 41.1. The van der Waals surface area contributed by atoms with E-state index in [0.29, 0.717) is 54.1 Å². The van der Waals surface area contributed by atoms with Crippen molar-refractivity contribution in [3.8, 4) is 5.75 Å². The number of urea groups is 1. The zero-order valence-corrected chi connectivity index (χ0v) is 54.7. The molecule has 5 rings (SSSR count). The highest BCUT2D eigenvalue weighted by molar-refractivity contribution is 9.10. The molecule has 2 fully saturated rings.